The molecule has 6 nitrogen and oxygen atoms in total. The van der Waals surface area contributed by atoms with E-state index in [-0.39, 0.29) is 23.2 Å². The van der Waals surface area contributed by atoms with Crippen LogP contribution in [0.15, 0.2) is 47.4 Å². The third-order valence-electron chi connectivity index (χ3n) is 4.82. The number of carbonyl (C=O) groups excluding carboxylic acids is 1. The van der Waals surface area contributed by atoms with Gasteiger partial charge in [0, 0.05) is 18.4 Å². The predicted molar refractivity (Wildman–Crippen MR) is 131 cm³/mol. The number of nitrogens with zero attached hydrogens (tertiary/aromatic N) is 3. The molecule has 0 aliphatic rings. The minimum absolute atomic E-state index is 0. The molecule has 1 aromatic heterocycles. The van der Waals surface area contributed by atoms with E-state index in [0.717, 1.165) is 35.9 Å². The number of benzene rings is 2. The molecule has 0 saturated carbocycles. The van der Waals surface area contributed by atoms with Crippen LogP contribution in [0, 0.1) is 0 Å². The fourth-order valence-electron chi connectivity index (χ4n) is 3.14. The first-order valence-electron chi connectivity index (χ1n) is 9.85. The lowest BCUT2D eigenvalue weighted by Crippen LogP contribution is -2.33. The Balaban J connectivity index is 0.00000341. The van der Waals surface area contributed by atoms with Crippen LogP contribution >= 0.6 is 23.7 Å². The Bertz CT molecular complexity index is 1160. The molecule has 0 saturated heterocycles. The van der Waals surface area contributed by atoms with E-state index in [1.807, 2.05) is 20.2 Å². The van der Waals surface area contributed by atoms with Gasteiger partial charge < -0.3 is 4.90 Å². The summed E-state index contributed by atoms with van der Waals surface area (Å²) in [5.41, 5.74) is 2.43. The highest BCUT2D eigenvalue weighted by atomic mass is 35.5. The van der Waals surface area contributed by atoms with Crippen molar-refractivity contribution in [2.24, 2.45) is 0 Å². The van der Waals surface area contributed by atoms with Gasteiger partial charge in [-0.25, -0.2) is 13.4 Å². The molecule has 31 heavy (non-hydrogen) atoms. The average Bonchev–Trinajstić information content (AvgIpc) is 3.12. The molecule has 0 fully saturated rings. The number of aromatic nitrogens is 1. The molecule has 168 valence electrons. The molecule has 0 unspecified atom stereocenters. The first-order chi connectivity index (χ1) is 14.2. The number of anilines is 1. The molecule has 3 aromatic rings. The van der Waals surface area contributed by atoms with Crippen LogP contribution in [0.3, 0.4) is 0 Å². The largest absolute Gasteiger partial charge is 0.309 e. The lowest BCUT2D eigenvalue weighted by atomic mass is 10.2. The number of amides is 1. The first-order valence-corrected chi connectivity index (χ1v) is 12.6. The maximum Gasteiger partial charge on any atom is 0.260 e. The van der Waals surface area contributed by atoms with Crippen molar-refractivity contribution in [3.8, 4) is 0 Å². The lowest BCUT2D eigenvalue weighted by Gasteiger charge is -2.21. The molecule has 0 aliphatic heterocycles. The van der Waals surface area contributed by atoms with Gasteiger partial charge in [-0.2, -0.15) is 0 Å². The van der Waals surface area contributed by atoms with Crippen molar-refractivity contribution in [3.05, 3.63) is 53.6 Å². The quantitative estimate of drug-likeness (QED) is 0.480. The molecule has 1 heterocycles. The Morgan fingerprint density at radius 3 is 2.48 bits per heavy atom. The van der Waals surface area contributed by atoms with Gasteiger partial charge in [0.1, 0.15) is 0 Å². The van der Waals surface area contributed by atoms with Gasteiger partial charge in [-0.15, -0.1) is 12.4 Å². The van der Waals surface area contributed by atoms with E-state index in [9.17, 15) is 13.2 Å². The van der Waals surface area contributed by atoms with Crippen molar-refractivity contribution in [3.63, 3.8) is 0 Å². The zero-order chi connectivity index (χ0) is 21.9. The molecule has 0 radical (unpaired) electrons. The van der Waals surface area contributed by atoms with E-state index in [4.69, 9.17) is 4.98 Å². The fraction of sp³-hybridized carbons (Fsp3) is 0.364. The normalized spacial score (nSPS) is 11.5. The SMILES string of the molecule is CCc1ccc2nc(N(CCCN(C)C)C(=O)c3cccc(S(C)(=O)=O)c3)sc2c1.Cl. The third-order valence-corrected chi connectivity index (χ3v) is 6.97. The Morgan fingerprint density at radius 2 is 1.84 bits per heavy atom. The van der Waals surface area contributed by atoms with E-state index in [1.165, 1.54) is 29.0 Å². The fourth-order valence-corrected chi connectivity index (χ4v) is 4.86. The Hall–Kier alpha value is -2.00. The number of halogens is 1. The van der Waals surface area contributed by atoms with Gasteiger partial charge in [0.2, 0.25) is 0 Å². The van der Waals surface area contributed by atoms with Crippen LogP contribution in [0.2, 0.25) is 0 Å². The second-order valence-electron chi connectivity index (χ2n) is 7.57. The van der Waals surface area contributed by atoms with Gasteiger partial charge in [-0.05, 0) is 69.4 Å². The van der Waals surface area contributed by atoms with Crippen molar-refractivity contribution in [2.75, 3.05) is 38.3 Å². The third kappa shape index (κ3) is 6.26. The van der Waals surface area contributed by atoms with Crippen LogP contribution in [-0.2, 0) is 16.3 Å². The number of aryl methyl sites for hydroxylation is 1. The second kappa shape index (κ2) is 10.5. The number of rotatable bonds is 8. The molecule has 0 spiro atoms. The summed E-state index contributed by atoms with van der Waals surface area (Å²) < 4.78 is 24.9. The zero-order valence-electron chi connectivity index (χ0n) is 18.2. The molecule has 0 N–H and O–H groups in total. The van der Waals surface area contributed by atoms with Crippen molar-refractivity contribution in [1.82, 2.24) is 9.88 Å². The Morgan fingerprint density at radius 1 is 1.10 bits per heavy atom. The smallest absolute Gasteiger partial charge is 0.260 e. The standard InChI is InChI=1S/C22H27N3O3S2.ClH/c1-5-16-10-11-19-20(14-16)29-22(23-19)25(13-7-12-24(2)3)21(26)17-8-6-9-18(15-17)30(4,27)28;/h6,8-11,14-15H,5,7,12-13H2,1-4H3;1H. The molecule has 2 aromatic carbocycles. The number of carbonyl (C=O) groups is 1. The van der Waals surface area contributed by atoms with Crippen LogP contribution in [-0.4, -0.2) is 57.6 Å². The van der Waals surface area contributed by atoms with Gasteiger partial charge in [0.05, 0.1) is 15.1 Å². The molecular formula is C22H28ClN3O3S2. The van der Waals surface area contributed by atoms with Crippen LogP contribution in [0.5, 0.6) is 0 Å². The maximum absolute atomic E-state index is 13.4. The predicted octanol–water partition coefficient (Wildman–Crippen LogP) is 4.28. The van der Waals surface area contributed by atoms with Crippen molar-refractivity contribution >= 4 is 54.8 Å². The molecular weight excluding hydrogens is 454 g/mol. The number of hydrogen-bond acceptors (Lipinski definition) is 6. The van der Waals surface area contributed by atoms with Gasteiger partial charge in [-0.1, -0.05) is 30.4 Å². The minimum atomic E-state index is -3.40. The van der Waals surface area contributed by atoms with Crippen LogP contribution in [0.1, 0.15) is 29.3 Å². The number of fused-ring (bicyclic) bond motifs is 1. The molecule has 0 aliphatic carbocycles. The zero-order valence-corrected chi connectivity index (χ0v) is 20.6. The van der Waals surface area contributed by atoms with Gasteiger partial charge in [0.25, 0.3) is 5.91 Å². The number of sulfone groups is 1. The summed E-state index contributed by atoms with van der Waals surface area (Å²) in [5, 5.41) is 0.631. The van der Waals surface area contributed by atoms with E-state index in [2.05, 4.69) is 24.0 Å². The second-order valence-corrected chi connectivity index (χ2v) is 10.6. The van der Waals surface area contributed by atoms with E-state index in [0.29, 0.717) is 17.2 Å². The van der Waals surface area contributed by atoms with E-state index < -0.39 is 9.84 Å². The summed E-state index contributed by atoms with van der Waals surface area (Å²) in [6, 6.07) is 12.4. The Labute approximate surface area is 194 Å². The summed E-state index contributed by atoms with van der Waals surface area (Å²) in [5.74, 6) is -0.242. The molecule has 1 amide bonds. The van der Waals surface area contributed by atoms with Crippen LogP contribution in [0.4, 0.5) is 5.13 Å². The summed E-state index contributed by atoms with van der Waals surface area (Å²) in [4.78, 5) is 22.0. The van der Waals surface area contributed by atoms with Crippen molar-refractivity contribution in [1.29, 1.82) is 0 Å². The monoisotopic (exact) mass is 481 g/mol. The van der Waals surface area contributed by atoms with Crippen LogP contribution in [0.25, 0.3) is 10.2 Å². The van der Waals surface area contributed by atoms with Crippen molar-refractivity contribution in [2.45, 2.75) is 24.7 Å². The number of thiazole rings is 1. The molecule has 0 bridgehead atoms. The van der Waals surface area contributed by atoms with Gasteiger partial charge >= 0.3 is 0 Å². The summed E-state index contributed by atoms with van der Waals surface area (Å²) >= 11 is 1.49. The highest BCUT2D eigenvalue weighted by Gasteiger charge is 2.22. The van der Waals surface area contributed by atoms with Crippen LogP contribution < -0.4 is 4.90 Å². The van der Waals surface area contributed by atoms with Gasteiger partial charge in [0.15, 0.2) is 15.0 Å². The lowest BCUT2D eigenvalue weighted by molar-refractivity contribution is 0.0986. The summed E-state index contributed by atoms with van der Waals surface area (Å²) in [6.45, 7) is 3.44. The maximum atomic E-state index is 13.4. The first kappa shape index (κ1) is 25.3. The van der Waals surface area contributed by atoms with Crippen molar-refractivity contribution < 1.29 is 13.2 Å². The number of hydrogen-bond donors (Lipinski definition) is 0. The molecule has 9 heteroatoms. The molecule has 0 atom stereocenters. The average molecular weight is 482 g/mol. The topological polar surface area (TPSA) is 70.6 Å². The highest BCUT2D eigenvalue weighted by molar-refractivity contribution is 7.90. The Kier molecular flexibility index (Phi) is 8.59. The summed E-state index contributed by atoms with van der Waals surface area (Å²) in [6.07, 6.45) is 2.86. The molecule has 3 rings (SSSR count). The van der Waals surface area contributed by atoms with Gasteiger partial charge in [-0.3, -0.25) is 9.69 Å². The van der Waals surface area contributed by atoms with E-state index >= 15 is 0 Å². The minimum Gasteiger partial charge on any atom is -0.309 e. The highest BCUT2D eigenvalue weighted by Crippen LogP contribution is 2.31. The van der Waals surface area contributed by atoms with E-state index in [1.54, 1.807) is 17.0 Å². The summed E-state index contributed by atoms with van der Waals surface area (Å²) in [7, 11) is 0.588.